The van der Waals surface area contributed by atoms with Gasteiger partial charge >= 0.3 is 0 Å². The molecule has 0 aliphatic heterocycles. The molecule has 2 rings (SSSR count). The molecule has 152 valence electrons. The van der Waals surface area contributed by atoms with Gasteiger partial charge in [-0.3, -0.25) is 9.10 Å². The summed E-state index contributed by atoms with van der Waals surface area (Å²) in [4.78, 5) is 12.6. The van der Waals surface area contributed by atoms with Crippen LogP contribution in [0, 0.1) is 0 Å². The van der Waals surface area contributed by atoms with E-state index in [4.69, 9.17) is 9.47 Å². The maximum Gasteiger partial charge on any atom is 0.241 e. The first-order valence-corrected chi connectivity index (χ1v) is 10.7. The number of methoxy groups -OCH3 is 2. The van der Waals surface area contributed by atoms with Gasteiger partial charge in [0, 0.05) is 0 Å². The first-order valence-electron chi connectivity index (χ1n) is 8.84. The predicted molar refractivity (Wildman–Crippen MR) is 109 cm³/mol. The Morgan fingerprint density at radius 3 is 2.25 bits per heavy atom. The zero-order valence-electron chi connectivity index (χ0n) is 16.5. The Hall–Kier alpha value is -2.74. The van der Waals surface area contributed by atoms with Crippen LogP contribution < -0.4 is 19.1 Å². The van der Waals surface area contributed by atoms with E-state index >= 15 is 0 Å². The SMILES string of the molecule is CC[C@@H](NC(=O)CN(c1ccccc1)S(C)(=O)=O)c1ccc(OC)c(OC)c1. The molecule has 0 radical (unpaired) electrons. The third kappa shape index (κ3) is 5.39. The maximum atomic E-state index is 12.6. The van der Waals surface area contributed by atoms with Crippen molar-refractivity contribution in [2.24, 2.45) is 0 Å². The van der Waals surface area contributed by atoms with Gasteiger partial charge in [0.1, 0.15) is 6.54 Å². The lowest BCUT2D eigenvalue weighted by Crippen LogP contribution is -2.41. The van der Waals surface area contributed by atoms with Gasteiger partial charge in [-0.25, -0.2) is 8.42 Å². The van der Waals surface area contributed by atoms with Crippen molar-refractivity contribution in [1.29, 1.82) is 0 Å². The summed E-state index contributed by atoms with van der Waals surface area (Å²) in [5, 5.41) is 2.90. The van der Waals surface area contributed by atoms with Crippen LogP contribution in [0.3, 0.4) is 0 Å². The molecule has 0 unspecified atom stereocenters. The number of hydrogen-bond donors (Lipinski definition) is 1. The van der Waals surface area contributed by atoms with Crippen molar-refractivity contribution in [2.75, 3.05) is 31.3 Å². The monoisotopic (exact) mass is 406 g/mol. The van der Waals surface area contributed by atoms with Gasteiger partial charge in [0.05, 0.1) is 32.2 Å². The number of nitrogens with zero attached hydrogens (tertiary/aromatic N) is 1. The second-order valence-corrected chi connectivity index (χ2v) is 8.15. The van der Waals surface area contributed by atoms with Crippen LogP contribution in [-0.2, 0) is 14.8 Å². The zero-order valence-corrected chi connectivity index (χ0v) is 17.3. The van der Waals surface area contributed by atoms with Gasteiger partial charge in [0.25, 0.3) is 0 Å². The fourth-order valence-electron chi connectivity index (χ4n) is 2.86. The molecule has 1 amide bonds. The first-order chi connectivity index (χ1) is 13.3. The average molecular weight is 407 g/mol. The van der Waals surface area contributed by atoms with E-state index in [-0.39, 0.29) is 12.6 Å². The smallest absolute Gasteiger partial charge is 0.241 e. The zero-order chi connectivity index (χ0) is 20.7. The number of carbonyl (C=O) groups excluding carboxylic acids is 1. The molecule has 7 nitrogen and oxygen atoms in total. The second kappa shape index (κ2) is 9.45. The summed E-state index contributed by atoms with van der Waals surface area (Å²) in [7, 11) is -0.502. The Balaban J connectivity index is 2.19. The minimum Gasteiger partial charge on any atom is -0.493 e. The molecule has 1 N–H and O–H groups in total. The summed E-state index contributed by atoms with van der Waals surface area (Å²) in [6.07, 6.45) is 1.71. The van der Waals surface area contributed by atoms with E-state index in [9.17, 15) is 13.2 Å². The topological polar surface area (TPSA) is 84.9 Å². The number of sulfonamides is 1. The molecule has 0 saturated carbocycles. The molecule has 0 heterocycles. The molecular weight excluding hydrogens is 380 g/mol. The van der Waals surface area contributed by atoms with Gasteiger partial charge in [-0.1, -0.05) is 31.2 Å². The molecule has 0 fully saturated rings. The summed E-state index contributed by atoms with van der Waals surface area (Å²) in [5.74, 6) is 0.769. The quantitative estimate of drug-likeness (QED) is 0.692. The molecule has 2 aromatic rings. The molecular formula is C20H26N2O5S. The predicted octanol–water partition coefficient (Wildman–Crippen LogP) is 2.74. The summed E-state index contributed by atoms with van der Waals surface area (Å²) >= 11 is 0. The van der Waals surface area contributed by atoms with E-state index in [0.717, 1.165) is 16.1 Å². The first kappa shape index (κ1) is 21.6. The van der Waals surface area contributed by atoms with Crippen LogP contribution in [0.15, 0.2) is 48.5 Å². The molecule has 0 aromatic heterocycles. The number of para-hydroxylation sites is 1. The number of nitrogens with one attached hydrogen (secondary N) is 1. The van der Waals surface area contributed by atoms with Gasteiger partial charge in [0.15, 0.2) is 11.5 Å². The molecule has 0 bridgehead atoms. The Bertz CT molecular complexity index is 900. The lowest BCUT2D eigenvalue weighted by Gasteiger charge is -2.24. The van der Waals surface area contributed by atoms with Crippen molar-refractivity contribution in [3.8, 4) is 11.5 Å². The fourth-order valence-corrected chi connectivity index (χ4v) is 3.71. The van der Waals surface area contributed by atoms with Gasteiger partial charge in [0.2, 0.25) is 15.9 Å². The largest absolute Gasteiger partial charge is 0.493 e. The third-order valence-corrected chi connectivity index (χ3v) is 5.43. The summed E-state index contributed by atoms with van der Waals surface area (Å²) in [5.41, 5.74) is 1.29. The van der Waals surface area contributed by atoms with Crippen LogP contribution in [0.2, 0.25) is 0 Å². The number of ether oxygens (including phenoxy) is 2. The number of anilines is 1. The lowest BCUT2D eigenvalue weighted by atomic mass is 10.0. The highest BCUT2D eigenvalue weighted by molar-refractivity contribution is 7.92. The molecule has 8 heteroatoms. The van der Waals surface area contributed by atoms with Crippen LogP contribution >= 0.6 is 0 Å². The van der Waals surface area contributed by atoms with Crippen LogP contribution in [0.5, 0.6) is 11.5 Å². The minimum absolute atomic E-state index is 0.288. The number of rotatable bonds is 9. The average Bonchev–Trinajstić information content (AvgIpc) is 2.69. The number of benzene rings is 2. The van der Waals surface area contributed by atoms with Gasteiger partial charge in [-0.15, -0.1) is 0 Å². The fraction of sp³-hybridized carbons (Fsp3) is 0.350. The number of amides is 1. The van der Waals surface area contributed by atoms with E-state index in [2.05, 4.69) is 5.32 Å². The van der Waals surface area contributed by atoms with Crippen molar-refractivity contribution in [3.63, 3.8) is 0 Å². The summed E-state index contributed by atoms with van der Waals surface area (Å²) < 4.78 is 36.0. The highest BCUT2D eigenvalue weighted by Gasteiger charge is 2.22. The van der Waals surface area contributed by atoms with Crippen LogP contribution in [-0.4, -0.2) is 41.3 Å². The Morgan fingerprint density at radius 2 is 1.71 bits per heavy atom. The van der Waals surface area contributed by atoms with Gasteiger partial charge in [-0.05, 0) is 36.2 Å². The Kier molecular flexibility index (Phi) is 7.28. The molecule has 0 saturated heterocycles. The maximum absolute atomic E-state index is 12.6. The highest BCUT2D eigenvalue weighted by atomic mass is 32.2. The van der Waals surface area contributed by atoms with Gasteiger partial charge in [-0.2, -0.15) is 0 Å². The van der Waals surface area contributed by atoms with E-state index in [1.54, 1.807) is 56.7 Å². The van der Waals surface area contributed by atoms with Crippen molar-refractivity contribution in [3.05, 3.63) is 54.1 Å². The summed E-state index contributed by atoms with van der Waals surface area (Å²) in [6, 6.07) is 13.7. The van der Waals surface area contributed by atoms with Crippen molar-refractivity contribution in [2.45, 2.75) is 19.4 Å². The Labute approximate surface area is 166 Å². The van der Waals surface area contributed by atoms with Crippen LogP contribution in [0.4, 0.5) is 5.69 Å². The molecule has 0 spiro atoms. The molecule has 2 aromatic carbocycles. The van der Waals surface area contributed by atoms with E-state index in [0.29, 0.717) is 23.6 Å². The van der Waals surface area contributed by atoms with Gasteiger partial charge < -0.3 is 14.8 Å². The van der Waals surface area contributed by atoms with E-state index in [1.165, 1.54) is 0 Å². The van der Waals surface area contributed by atoms with Crippen LogP contribution in [0.25, 0.3) is 0 Å². The standard InChI is InChI=1S/C20H26N2O5S/c1-5-17(15-11-12-18(26-2)19(13-15)27-3)21-20(23)14-22(28(4,24)25)16-9-7-6-8-10-16/h6-13,17H,5,14H2,1-4H3,(H,21,23)/t17-/m1/s1. The van der Waals surface area contributed by atoms with E-state index < -0.39 is 15.9 Å². The number of carbonyl (C=O) groups is 1. The molecule has 0 aliphatic carbocycles. The molecule has 0 aliphatic rings. The number of hydrogen-bond acceptors (Lipinski definition) is 5. The summed E-state index contributed by atoms with van der Waals surface area (Å²) in [6.45, 7) is 1.64. The molecule has 1 atom stereocenters. The van der Waals surface area contributed by atoms with Crippen molar-refractivity contribution in [1.82, 2.24) is 5.32 Å². The third-order valence-electron chi connectivity index (χ3n) is 4.29. The normalized spacial score (nSPS) is 12.1. The lowest BCUT2D eigenvalue weighted by molar-refractivity contribution is -0.120. The Morgan fingerprint density at radius 1 is 1.07 bits per heavy atom. The second-order valence-electron chi connectivity index (χ2n) is 6.25. The van der Waals surface area contributed by atoms with Crippen molar-refractivity contribution < 1.29 is 22.7 Å². The highest BCUT2D eigenvalue weighted by Crippen LogP contribution is 2.31. The van der Waals surface area contributed by atoms with Crippen LogP contribution in [0.1, 0.15) is 24.9 Å². The van der Waals surface area contributed by atoms with Crippen molar-refractivity contribution >= 4 is 21.6 Å². The van der Waals surface area contributed by atoms with E-state index in [1.807, 2.05) is 13.0 Å². The molecule has 28 heavy (non-hydrogen) atoms. The minimum atomic E-state index is -3.60.